The van der Waals surface area contributed by atoms with Gasteiger partial charge in [-0.2, -0.15) is 4.68 Å². The molecule has 0 aliphatic rings. The van der Waals surface area contributed by atoms with Crippen molar-refractivity contribution in [3.05, 3.63) is 64.9 Å². The Morgan fingerprint density at radius 2 is 1.96 bits per heavy atom. The molecule has 0 aliphatic heterocycles. The summed E-state index contributed by atoms with van der Waals surface area (Å²) in [5, 5.41) is 11.3. The number of thioether (sulfide) groups is 1. The maximum atomic E-state index is 13.4. The van der Waals surface area contributed by atoms with E-state index in [4.69, 9.17) is 11.6 Å². The average molecular weight is 421 g/mol. The fraction of sp³-hybridized carbons (Fsp3) is 0.118. The van der Waals surface area contributed by atoms with Crippen LogP contribution in [0.1, 0.15) is 17.3 Å². The summed E-state index contributed by atoms with van der Waals surface area (Å²) < 4.78 is 14.7. The van der Waals surface area contributed by atoms with E-state index in [1.807, 2.05) is 0 Å². The molecule has 0 spiro atoms. The van der Waals surface area contributed by atoms with Gasteiger partial charge in [-0.25, -0.2) is 4.39 Å². The summed E-state index contributed by atoms with van der Waals surface area (Å²) in [6.45, 7) is 1.62. The van der Waals surface area contributed by atoms with Gasteiger partial charge in [0.2, 0.25) is 5.16 Å². The summed E-state index contributed by atoms with van der Waals surface area (Å²) in [7, 11) is 0. The van der Waals surface area contributed by atoms with Crippen molar-refractivity contribution < 1.29 is 14.0 Å². The zero-order valence-corrected chi connectivity index (χ0v) is 16.0. The SMILES string of the molecule is C[C@H](Sc1nnnn1-c1cccc(F)c1)C(=O)NNC(=O)c1cccc(Cl)c1. The predicted molar refractivity (Wildman–Crippen MR) is 101 cm³/mol. The highest BCUT2D eigenvalue weighted by Gasteiger charge is 2.20. The van der Waals surface area contributed by atoms with Gasteiger partial charge in [0.15, 0.2) is 0 Å². The summed E-state index contributed by atoms with van der Waals surface area (Å²) in [6.07, 6.45) is 0. The van der Waals surface area contributed by atoms with Gasteiger partial charge in [0.05, 0.1) is 10.9 Å². The van der Waals surface area contributed by atoms with Crippen LogP contribution in [-0.4, -0.2) is 37.3 Å². The minimum absolute atomic E-state index is 0.300. The average Bonchev–Trinajstić information content (AvgIpc) is 3.13. The Hall–Kier alpha value is -2.98. The molecule has 3 aromatic rings. The minimum Gasteiger partial charge on any atom is -0.272 e. The standard InChI is InChI=1S/C17H14ClFN6O2S/c1-10(15(26)20-21-16(27)11-4-2-5-12(18)8-11)28-17-22-23-24-25(17)14-7-3-6-13(19)9-14/h2-10H,1H3,(H,20,26)(H,21,27)/t10-/m0/s1. The van der Waals surface area contributed by atoms with Crippen LogP contribution in [-0.2, 0) is 4.79 Å². The second-order valence-electron chi connectivity index (χ2n) is 5.57. The monoisotopic (exact) mass is 420 g/mol. The number of carbonyl (C=O) groups excluding carboxylic acids is 2. The lowest BCUT2D eigenvalue weighted by Crippen LogP contribution is -2.45. The maximum absolute atomic E-state index is 13.4. The van der Waals surface area contributed by atoms with Crippen LogP contribution in [0.2, 0.25) is 5.02 Å². The lowest BCUT2D eigenvalue weighted by molar-refractivity contribution is -0.121. The topological polar surface area (TPSA) is 102 Å². The number of nitrogens with one attached hydrogen (secondary N) is 2. The largest absolute Gasteiger partial charge is 0.272 e. The molecule has 2 amide bonds. The van der Waals surface area contributed by atoms with Crippen LogP contribution >= 0.6 is 23.4 Å². The summed E-state index contributed by atoms with van der Waals surface area (Å²) in [4.78, 5) is 24.3. The number of halogens is 2. The van der Waals surface area contributed by atoms with E-state index in [1.54, 1.807) is 31.2 Å². The molecule has 0 radical (unpaired) electrons. The first kappa shape index (κ1) is 19.8. The van der Waals surface area contributed by atoms with E-state index < -0.39 is 22.9 Å². The Labute approximate surface area is 168 Å². The molecule has 1 atom stereocenters. The molecule has 1 heterocycles. The number of amides is 2. The highest BCUT2D eigenvalue weighted by molar-refractivity contribution is 8.00. The van der Waals surface area contributed by atoms with Gasteiger partial charge < -0.3 is 0 Å². The number of benzene rings is 2. The van der Waals surface area contributed by atoms with Crippen LogP contribution in [0.5, 0.6) is 0 Å². The van der Waals surface area contributed by atoms with Crippen molar-refractivity contribution in [1.82, 2.24) is 31.1 Å². The number of hydrazine groups is 1. The molecule has 0 fully saturated rings. The minimum atomic E-state index is -0.641. The van der Waals surface area contributed by atoms with E-state index in [0.717, 1.165) is 11.8 Å². The summed E-state index contributed by atoms with van der Waals surface area (Å²) in [6, 6.07) is 12.1. The maximum Gasteiger partial charge on any atom is 0.269 e. The lowest BCUT2D eigenvalue weighted by Gasteiger charge is -2.12. The smallest absolute Gasteiger partial charge is 0.269 e. The number of aromatic nitrogens is 4. The van der Waals surface area contributed by atoms with Crippen LogP contribution < -0.4 is 10.9 Å². The molecule has 0 saturated carbocycles. The number of hydrogen-bond acceptors (Lipinski definition) is 6. The second-order valence-corrected chi connectivity index (χ2v) is 7.31. The Balaban J connectivity index is 1.61. The fourth-order valence-corrected chi connectivity index (χ4v) is 3.15. The lowest BCUT2D eigenvalue weighted by atomic mass is 10.2. The van der Waals surface area contributed by atoms with E-state index in [0.29, 0.717) is 21.4 Å². The molecule has 2 aromatic carbocycles. The van der Waals surface area contributed by atoms with Crippen molar-refractivity contribution >= 4 is 35.2 Å². The molecule has 3 rings (SSSR count). The Bertz CT molecular complexity index is 1010. The molecule has 0 unspecified atom stereocenters. The molecule has 144 valence electrons. The summed E-state index contributed by atoms with van der Waals surface area (Å²) >= 11 is 6.90. The first-order chi connectivity index (χ1) is 13.4. The van der Waals surface area contributed by atoms with Crippen molar-refractivity contribution in [2.45, 2.75) is 17.3 Å². The van der Waals surface area contributed by atoms with Gasteiger partial charge in [-0.05, 0) is 53.7 Å². The number of hydrogen-bond donors (Lipinski definition) is 2. The van der Waals surface area contributed by atoms with Crippen LogP contribution in [0, 0.1) is 5.82 Å². The van der Waals surface area contributed by atoms with Crippen LogP contribution in [0.15, 0.2) is 53.7 Å². The Morgan fingerprint density at radius 1 is 1.18 bits per heavy atom. The summed E-state index contributed by atoms with van der Waals surface area (Å²) in [5.74, 6) is -1.40. The first-order valence-corrected chi connectivity index (χ1v) is 9.26. The molecular weight excluding hydrogens is 407 g/mol. The third-order valence-electron chi connectivity index (χ3n) is 3.53. The summed E-state index contributed by atoms with van der Waals surface area (Å²) in [5.41, 5.74) is 5.40. The van der Waals surface area contributed by atoms with Crippen molar-refractivity contribution in [3.63, 3.8) is 0 Å². The molecule has 2 N–H and O–H groups in total. The van der Waals surface area contributed by atoms with Crippen molar-refractivity contribution in [2.75, 3.05) is 0 Å². The highest BCUT2D eigenvalue weighted by Crippen LogP contribution is 2.23. The Morgan fingerprint density at radius 3 is 2.71 bits per heavy atom. The van der Waals surface area contributed by atoms with Gasteiger partial charge in [-0.3, -0.25) is 20.4 Å². The van der Waals surface area contributed by atoms with E-state index in [1.165, 1.54) is 28.9 Å². The molecule has 28 heavy (non-hydrogen) atoms. The number of rotatable bonds is 5. The van der Waals surface area contributed by atoms with Crippen LogP contribution in [0.25, 0.3) is 5.69 Å². The third-order valence-corrected chi connectivity index (χ3v) is 4.80. The van der Waals surface area contributed by atoms with Gasteiger partial charge in [0.1, 0.15) is 5.82 Å². The predicted octanol–water partition coefficient (Wildman–Crippen LogP) is 2.40. The zero-order chi connectivity index (χ0) is 20.1. The van der Waals surface area contributed by atoms with E-state index in [9.17, 15) is 14.0 Å². The fourth-order valence-electron chi connectivity index (χ4n) is 2.16. The molecule has 0 bridgehead atoms. The normalized spacial score (nSPS) is 11.7. The van der Waals surface area contributed by atoms with Gasteiger partial charge in [0.25, 0.3) is 11.8 Å². The van der Waals surface area contributed by atoms with E-state index in [2.05, 4.69) is 26.4 Å². The second kappa shape index (κ2) is 8.81. The van der Waals surface area contributed by atoms with E-state index in [-0.39, 0.29) is 0 Å². The van der Waals surface area contributed by atoms with Gasteiger partial charge in [-0.1, -0.05) is 35.5 Å². The van der Waals surface area contributed by atoms with Crippen LogP contribution in [0.4, 0.5) is 4.39 Å². The van der Waals surface area contributed by atoms with Crippen molar-refractivity contribution in [2.24, 2.45) is 0 Å². The van der Waals surface area contributed by atoms with E-state index >= 15 is 0 Å². The number of nitrogens with zero attached hydrogens (tertiary/aromatic N) is 4. The quantitative estimate of drug-likeness (QED) is 0.485. The first-order valence-electron chi connectivity index (χ1n) is 8.01. The molecule has 1 aromatic heterocycles. The highest BCUT2D eigenvalue weighted by atomic mass is 35.5. The van der Waals surface area contributed by atoms with Crippen molar-refractivity contribution in [1.29, 1.82) is 0 Å². The number of carbonyl (C=O) groups is 2. The van der Waals surface area contributed by atoms with Gasteiger partial charge in [-0.15, -0.1) is 5.10 Å². The molecule has 11 heteroatoms. The molecular formula is C17H14ClFN6O2S. The molecule has 0 saturated heterocycles. The molecule has 0 aliphatic carbocycles. The van der Waals surface area contributed by atoms with Gasteiger partial charge in [0, 0.05) is 10.6 Å². The molecule has 8 nitrogen and oxygen atoms in total. The van der Waals surface area contributed by atoms with Gasteiger partial charge >= 0.3 is 0 Å². The number of tetrazole rings is 1. The van der Waals surface area contributed by atoms with Crippen molar-refractivity contribution in [3.8, 4) is 5.69 Å². The Kier molecular flexibility index (Phi) is 6.22. The zero-order valence-electron chi connectivity index (χ0n) is 14.5. The third kappa shape index (κ3) is 4.84. The van der Waals surface area contributed by atoms with Crippen LogP contribution in [0.3, 0.4) is 0 Å².